The number of rotatable bonds is 3. The third kappa shape index (κ3) is 4.12. The van der Waals surface area contributed by atoms with Crippen LogP contribution in [-0.4, -0.2) is 12.8 Å². The van der Waals surface area contributed by atoms with Crippen molar-refractivity contribution in [1.29, 1.82) is 0 Å². The summed E-state index contributed by atoms with van der Waals surface area (Å²) in [5.74, 6) is -1.98. The topological polar surface area (TPSA) is 9.23 Å². The smallest absolute Gasteiger partial charge is 0.416 e. The summed E-state index contributed by atoms with van der Waals surface area (Å²) in [6.45, 7) is 0.179. The molecule has 0 N–H and O–H groups in total. The lowest BCUT2D eigenvalue weighted by molar-refractivity contribution is -0.176. The number of benzene rings is 1. The molecular formula is C11H10F6O. The van der Waals surface area contributed by atoms with Crippen molar-refractivity contribution in [2.24, 2.45) is 5.92 Å². The molecule has 0 heterocycles. The van der Waals surface area contributed by atoms with Crippen molar-refractivity contribution in [3.8, 4) is 5.75 Å². The fraction of sp³-hybridized carbons (Fsp3) is 0.455. The van der Waals surface area contributed by atoms with E-state index in [9.17, 15) is 26.3 Å². The van der Waals surface area contributed by atoms with Crippen LogP contribution in [0.15, 0.2) is 24.3 Å². The molecule has 0 saturated carbocycles. The summed E-state index contributed by atoms with van der Waals surface area (Å²) in [5.41, 5.74) is -0.959. The summed E-state index contributed by atoms with van der Waals surface area (Å²) in [7, 11) is 0. The van der Waals surface area contributed by atoms with E-state index in [1.165, 1.54) is 6.07 Å². The van der Waals surface area contributed by atoms with Crippen LogP contribution in [0.3, 0.4) is 0 Å². The molecule has 18 heavy (non-hydrogen) atoms. The Kier molecular flexibility index (Phi) is 4.13. The SMILES string of the molecule is CC(COc1cccc(C(F)(F)F)c1)C(F)(F)F. The summed E-state index contributed by atoms with van der Waals surface area (Å²) in [6, 6.07) is 3.75. The minimum atomic E-state index is -4.55. The van der Waals surface area contributed by atoms with Crippen LogP contribution >= 0.6 is 0 Å². The van der Waals surface area contributed by atoms with E-state index in [1.54, 1.807) is 0 Å². The van der Waals surface area contributed by atoms with Crippen LogP contribution in [0.25, 0.3) is 0 Å². The zero-order valence-electron chi connectivity index (χ0n) is 9.27. The normalized spacial score (nSPS) is 14.4. The van der Waals surface area contributed by atoms with E-state index in [0.29, 0.717) is 6.07 Å². The van der Waals surface area contributed by atoms with Crippen molar-refractivity contribution in [2.45, 2.75) is 19.3 Å². The van der Waals surface area contributed by atoms with Gasteiger partial charge in [-0.2, -0.15) is 26.3 Å². The molecule has 0 saturated heterocycles. The van der Waals surface area contributed by atoms with E-state index in [-0.39, 0.29) is 5.75 Å². The highest BCUT2D eigenvalue weighted by atomic mass is 19.4. The average molecular weight is 272 g/mol. The van der Waals surface area contributed by atoms with Crippen LogP contribution in [0.4, 0.5) is 26.3 Å². The Morgan fingerprint density at radius 1 is 1.11 bits per heavy atom. The first-order valence-electron chi connectivity index (χ1n) is 4.97. The van der Waals surface area contributed by atoms with Crippen LogP contribution in [0.5, 0.6) is 5.75 Å². The summed E-state index contributed by atoms with van der Waals surface area (Å²) >= 11 is 0. The number of halogens is 6. The second-order valence-electron chi connectivity index (χ2n) is 3.78. The fourth-order valence-electron chi connectivity index (χ4n) is 1.08. The quantitative estimate of drug-likeness (QED) is 0.746. The summed E-state index contributed by atoms with van der Waals surface area (Å²) in [6.07, 6.45) is -8.98. The first-order valence-corrected chi connectivity index (χ1v) is 4.97. The first kappa shape index (κ1) is 14.7. The molecule has 102 valence electrons. The molecule has 0 spiro atoms. The lowest BCUT2D eigenvalue weighted by Crippen LogP contribution is -2.25. The predicted octanol–water partition coefficient (Wildman–Crippen LogP) is 4.28. The van der Waals surface area contributed by atoms with Crippen molar-refractivity contribution < 1.29 is 31.1 Å². The van der Waals surface area contributed by atoms with Crippen molar-refractivity contribution in [2.75, 3.05) is 6.61 Å². The molecule has 1 nitrogen and oxygen atoms in total. The van der Waals surface area contributed by atoms with Crippen molar-refractivity contribution >= 4 is 0 Å². The van der Waals surface area contributed by atoms with Gasteiger partial charge >= 0.3 is 12.4 Å². The largest absolute Gasteiger partial charge is 0.493 e. The van der Waals surface area contributed by atoms with Gasteiger partial charge in [-0.1, -0.05) is 13.0 Å². The van der Waals surface area contributed by atoms with Crippen molar-refractivity contribution in [3.63, 3.8) is 0 Å². The van der Waals surface area contributed by atoms with Gasteiger partial charge in [-0.3, -0.25) is 0 Å². The lowest BCUT2D eigenvalue weighted by atomic mass is 10.2. The molecule has 0 fully saturated rings. The Morgan fingerprint density at radius 2 is 1.72 bits per heavy atom. The molecule has 0 aliphatic carbocycles. The Balaban J connectivity index is 2.69. The second-order valence-corrected chi connectivity index (χ2v) is 3.78. The molecule has 1 aromatic carbocycles. The van der Waals surface area contributed by atoms with Gasteiger partial charge in [0.25, 0.3) is 0 Å². The number of alkyl halides is 6. The van der Waals surface area contributed by atoms with Gasteiger partial charge in [0.05, 0.1) is 18.1 Å². The summed E-state index contributed by atoms with van der Waals surface area (Å²) in [5, 5.41) is 0. The molecule has 0 bridgehead atoms. The van der Waals surface area contributed by atoms with Crippen LogP contribution in [-0.2, 0) is 6.18 Å². The lowest BCUT2D eigenvalue weighted by Gasteiger charge is -2.16. The molecule has 0 aliphatic rings. The number of hydrogen-bond acceptors (Lipinski definition) is 1. The fourth-order valence-corrected chi connectivity index (χ4v) is 1.08. The third-order valence-corrected chi connectivity index (χ3v) is 2.22. The van der Waals surface area contributed by atoms with Gasteiger partial charge in [-0.05, 0) is 18.2 Å². The van der Waals surface area contributed by atoms with Gasteiger partial charge in [0.1, 0.15) is 5.75 Å². The zero-order chi connectivity index (χ0) is 14.0. The Bertz CT molecular complexity index is 395. The van der Waals surface area contributed by atoms with Crippen molar-refractivity contribution in [1.82, 2.24) is 0 Å². The predicted molar refractivity (Wildman–Crippen MR) is 52.2 cm³/mol. The van der Waals surface area contributed by atoms with Crippen LogP contribution in [0, 0.1) is 5.92 Å². The molecule has 1 unspecified atom stereocenters. The standard InChI is InChI=1S/C11H10F6O/c1-7(10(12,13)14)6-18-9-4-2-3-8(5-9)11(15,16)17/h2-5,7H,6H2,1H3. The van der Waals surface area contributed by atoms with Gasteiger partial charge < -0.3 is 4.74 Å². The van der Waals surface area contributed by atoms with Crippen LogP contribution in [0.1, 0.15) is 12.5 Å². The maximum atomic E-state index is 12.3. The zero-order valence-corrected chi connectivity index (χ0v) is 9.27. The molecule has 0 amide bonds. The Labute approximate surface area is 99.4 Å². The number of ether oxygens (including phenoxy) is 1. The minimum absolute atomic E-state index is 0.235. The molecule has 1 atom stereocenters. The maximum absolute atomic E-state index is 12.3. The molecular weight excluding hydrogens is 262 g/mol. The third-order valence-electron chi connectivity index (χ3n) is 2.22. The van der Waals surface area contributed by atoms with Gasteiger partial charge in [0.2, 0.25) is 0 Å². The maximum Gasteiger partial charge on any atom is 0.416 e. The van der Waals surface area contributed by atoms with Crippen molar-refractivity contribution in [3.05, 3.63) is 29.8 Å². The molecule has 7 heteroatoms. The summed E-state index contributed by atoms with van der Waals surface area (Å²) < 4.78 is 78.2. The molecule has 0 aromatic heterocycles. The first-order chi connectivity index (χ1) is 8.10. The van der Waals surface area contributed by atoms with E-state index >= 15 is 0 Å². The van der Waals surface area contributed by atoms with E-state index < -0.39 is 30.4 Å². The Hall–Kier alpha value is -1.40. The second kappa shape index (κ2) is 5.07. The molecule has 1 aromatic rings. The van der Waals surface area contributed by atoms with E-state index in [0.717, 1.165) is 19.1 Å². The highest BCUT2D eigenvalue weighted by Gasteiger charge is 2.36. The van der Waals surface area contributed by atoms with Gasteiger partial charge in [-0.15, -0.1) is 0 Å². The van der Waals surface area contributed by atoms with E-state index in [4.69, 9.17) is 4.74 Å². The minimum Gasteiger partial charge on any atom is -0.493 e. The molecule has 0 radical (unpaired) electrons. The average Bonchev–Trinajstić information content (AvgIpc) is 2.23. The Morgan fingerprint density at radius 3 is 2.22 bits per heavy atom. The van der Waals surface area contributed by atoms with E-state index in [2.05, 4.69) is 0 Å². The molecule has 0 aliphatic heterocycles. The monoisotopic (exact) mass is 272 g/mol. The van der Waals surface area contributed by atoms with Crippen LogP contribution in [0.2, 0.25) is 0 Å². The van der Waals surface area contributed by atoms with Gasteiger partial charge in [0.15, 0.2) is 0 Å². The highest BCUT2D eigenvalue weighted by Crippen LogP contribution is 2.32. The highest BCUT2D eigenvalue weighted by molar-refractivity contribution is 5.30. The number of hydrogen-bond donors (Lipinski definition) is 0. The van der Waals surface area contributed by atoms with Gasteiger partial charge in [0, 0.05) is 0 Å². The summed E-state index contributed by atoms with van der Waals surface area (Å²) in [4.78, 5) is 0. The van der Waals surface area contributed by atoms with Gasteiger partial charge in [-0.25, -0.2) is 0 Å². The molecule has 1 rings (SSSR count). The van der Waals surface area contributed by atoms with E-state index in [1.807, 2.05) is 0 Å². The van der Waals surface area contributed by atoms with Crippen LogP contribution < -0.4 is 4.74 Å².